The van der Waals surface area contributed by atoms with Crippen LogP contribution in [0, 0.1) is 0 Å². The number of carbonyl (C=O) groups is 1. The third-order valence-electron chi connectivity index (χ3n) is 2.68. The summed E-state index contributed by atoms with van der Waals surface area (Å²) in [5.74, 6) is -0.157. The third kappa shape index (κ3) is 4.73. The van der Waals surface area contributed by atoms with Gasteiger partial charge in [0, 0.05) is 5.02 Å². The SMILES string of the molecule is CC(C)(C)n1nnnc1SCC(=O)Nc1c(Cl)cc(Cl)cc1Cl. The molecule has 0 saturated carbocycles. The number of hydrogen-bond donors (Lipinski definition) is 1. The molecule has 10 heteroatoms. The number of anilines is 1. The number of aromatic nitrogens is 4. The number of benzene rings is 1. The maximum Gasteiger partial charge on any atom is 0.234 e. The van der Waals surface area contributed by atoms with E-state index >= 15 is 0 Å². The summed E-state index contributed by atoms with van der Waals surface area (Å²) >= 11 is 19.1. The Labute approximate surface area is 152 Å². The van der Waals surface area contributed by atoms with Crippen molar-refractivity contribution in [1.82, 2.24) is 20.2 Å². The Hall–Kier alpha value is -1.02. The first-order valence-corrected chi connectivity index (χ1v) is 8.66. The highest BCUT2D eigenvalue weighted by molar-refractivity contribution is 7.99. The molecule has 1 heterocycles. The maximum atomic E-state index is 12.1. The minimum atomic E-state index is -0.274. The van der Waals surface area contributed by atoms with E-state index in [-0.39, 0.29) is 27.2 Å². The Morgan fingerprint density at radius 1 is 1.26 bits per heavy atom. The van der Waals surface area contributed by atoms with Crippen LogP contribution in [0.3, 0.4) is 0 Å². The molecule has 124 valence electrons. The fourth-order valence-electron chi connectivity index (χ4n) is 1.66. The highest BCUT2D eigenvalue weighted by Crippen LogP contribution is 2.33. The van der Waals surface area contributed by atoms with Crippen LogP contribution >= 0.6 is 46.6 Å². The molecule has 1 aromatic carbocycles. The zero-order valence-electron chi connectivity index (χ0n) is 12.6. The van der Waals surface area contributed by atoms with Gasteiger partial charge in [0.05, 0.1) is 27.0 Å². The van der Waals surface area contributed by atoms with E-state index in [0.717, 1.165) is 0 Å². The van der Waals surface area contributed by atoms with Crippen molar-refractivity contribution in [2.45, 2.75) is 31.5 Å². The molecule has 2 rings (SSSR count). The molecule has 1 amide bonds. The third-order valence-corrected chi connectivity index (χ3v) is 4.41. The van der Waals surface area contributed by atoms with Crippen LogP contribution < -0.4 is 5.32 Å². The first-order valence-electron chi connectivity index (χ1n) is 6.54. The largest absolute Gasteiger partial charge is 0.323 e. The normalized spacial score (nSPS) is 11.6. The Morgan fingerprint density at radius 2 is 1.87 bits per heavy atom. The zero-order valence-corrected chi connectivity index (χ0v) is 15.7. The van der Waals surface area contributed by atoms with Crippen LogP contribution in [0.15, 0.2) is 17.3 Å². The summed E-state index contributed by atoms with van der Waals surface area (Å²) in [6.45, 7) is 5.92. The number of hydrogen-bond acceptors (Lipinski definition) is 5. The van der Waals surface area contributed by atoms with Crippen LogP contribution in [0.2, 0.25) is 15.1 Å². The molecule has 0 spiro atoms. The van der Waals surface area contributed by atoms with E-state index < -0.39 is 0 Å². The number of rotatable bonds is 4. The fourth-order valence-corrected chi connectivity index (χ4v) is 3.43. The van der Waals surface area contributed by atoms with E-state index in [1.165, 1.54) is 23.9 Å². The van der Waals surface area contributed by atoms with Crippen LogP contribution in [-0.4, -0.2) is 31.9 Å². The zero-order chi connectivity index (χ0) is 17.2. The number of halogens is 3. The fraction of sp³-hybridized carbons (Fsp3) is 0.385. The van der Waals surface area contributed by atoms with Crippen LogP contribution in [0.1, 0.15) is 20.8 Å². The molecule has 0 radical (unpaired) electrons. The monoisotopic (exact) mass is 393 g/mol. The predicted molar refractivity (Wildman–Crippen MR) is 93.6 cm³/mol. The van der Waals surface area contributed by atoms with Gasteiger partial charge in [-0.3, -0.25) is 4.79 Å². The highest BCUT2D eigenvalue weighted by Gasteiger charge is 2.21. The van der Waals surface area contributed by atoms with Crippen molar-refractivity contribution in [3.8, 4) is 0 Å². The standard InChI is InChI=1S/C13H14Cl3N5OS/c1-13(2,3)21-12(18-19-20-21)23-6-10(22)17-11-8(15)4-7(14)5-9(11)16/h4-5H,6H2,1-3H3,(H,17,22). The molecule has 0 saturated heterocycles. The predicted octanol–water partition coefficient (Wildman–Crippen LogP) is 4.12. The summed E-state index contributed by atoms with van der Waals surface area (Å²) in [7, 11) is 0. The molecule has 6 nitrogen and oxygen atoms in total. The van der Waals surface area contributed by atoms with E-state index in [1.54, 1.807) is 4.68 Å². The van der Waals surface area contributed by atoms with Gasteiger partial charge in [0.2, 0.25) is 11.1 Å². The Bertz CT molecular complexity index is 706. The lowest BCUT2D eigenvalue weighted by molar-refractivity contribution is -0.113. The van der Waals surface area contributed by atoms with Gasteiger partial charge < -0.3 is 5.32 Å². The number of nitrogens with zero attached hydrogens (tertiary/aromatic N) is 4. The number of amides is 1. The first kappa shape index (κ1) is 18.3. The van der Waals surface area contributed by atoms with Gasteiger partial charge in [-0.1, -0.05) is 46.6 Å². The molecule has 0 atom stereocenters. The van der Waals surface area contributed by atoms with Crippen LogP contribution in [0.25, 0.3) is 0 Å². The Kier molecular flexibility index (Phi) is 5.78. The Morgan fingerprint density at radius 3 is 2.43 bits per heavy atom. The number of tetrazole rings is 1. The van der Waals surface area contributed by atoms with E-state index in [4.69, 9.17) is 34.8 Å². The molecule has 1 N–H and O–H groups in total. The van der Waals surface area contributed by atoms with Gasteiger partial charge in [0.25, 0.3) is 0 Å². The van der Waals surface area contributed by atoms with E-state index in [0.29, 0.717) is 15.9 Å². The van der Waals surface area contributed by atoms with Gasteiger partial charge in [0.1, 0.15) is 0 Å². The van der Waals surface area contributed by atoms with E-state index in [1.807, 2.05) is 20.8 Å². The van der Waals surface area contributed by atoms with Crippen LogP contribution in [-0.2, 0) is 10.3 Å². The Balaban J connectivity index is 2.03. The second kappa shape index (κ2) is 7.25. The number of nitrogens with one attached hydrogen (secondary N) is 1. The molecule has 1 aromatic heterocycles. The molecule has 23 heavy (non-hydrogen) atoms. The van der Waals surface area contributed by atoms with Crippen molar-refractivity contribution in [2.75, 3.05) is 11.1 Å². The van der Waals surface area contributed by atoms with Crippen molar-refractivity contribution in [3.05, 3.63) is 27.2 Å². The summed E-state index contributed by atoms with van der Waals surface area (Å²) in [4.78, 5) is 12.1. The summed E-state index contributed by atoms with van der Waals surface area (Å²) in [5.41, 5.74) is 0.0595. The number of carbonyl (C=O) groups excluding carboxylic acids is 1. The van der Waals surface area contributed by atoms with Crippen molar-refractivity contribution >= 4 is 58.2 Å². The molecule has 0 bridgehead atoms. The molecular formula is C13H14Cl3N5OS. The van der Waals surface area contributed by atoms with Gasteiger partial charge in [-0.15, -0.1) is 5.10 Å². The quantitative estimate of drug-likeness (QED) is 0.790. The summed E-state index contributed by atoms with van der Waals surface area (Å²) in [6, 6.07) is 3.02. The van der Waals surface area contributed by atoms with E-state index in [2.05, 4.69) is 20.8 Å². The summed E-state index contributed by atoms with van der Waals surface area (Å²) < 4.78 is 1.66. The lowest BCUT2D eigenvalue weighted by Gasteiger charge is -2.19. The van der Waals surface area contributed by atoms with Crippen LogP contribution in [0.5, 0.6) is 0 Å². The molecular weight excluding hydrogens is 381 g/mol. The van der Waals surface area contributed by atoms with Gasteiger partial charge in [-0.25, -0.2) is 4.68 Å². The molecule has 0 fully saturated rings. The lowest BCUT2D eigenvalue weighted by Crippen LogP contribution is -2.24. The topological polar surface area (TPSA) is 72.7 Å². The number of thioether (sulfide) groups is 1. The van der Waals surface area contributed by atoms with E-state index in [9.17, 15) is 4.79 Å². The van der Waals surface area contributed by atoms with Gasteiger partial charge >= 0.3 is 0 Å². The molecule has 0 unspecified atom stereocenters. The summed E-state index contributed by atoms with van der Waals surface area (Å²) in [6.07, 6.45) is 0. The van der Waals surface area contributed by atoms with Crippen molar-refractivity contribution in [3.63, 3.8) is 0 Å². The smallest absolute Gasteiger partial charge is 0.234 e. The van der Waals surface area contributed by atoms with Crippen molar-refractivity contribution in [2.24, 2.45) is 0 Å². The average Bonchev–Trinajstić information content (AvgIpc) is 2.89. The van der Waals surface area contributed by atoms with Crippen molar-refractivity contribution in [1.29, 1.82) is 0 Å². The minimum absolute atomic E-state index is 0.117. The second-order valence-corrected chi connectivity index (χ2v) is 7.82. The van der Waals surface area contributed by atoms with Gasteiger partial charge in [-0.2, -0.15) is 0 Å². The van der Waals surface area contributed by atoms with Crippen molar-refractivity contribution < 1.29 is 4.79 Å². The minimum Gasteiger partial charge on any atom is -0.323 e. The summed E-state index contributed by atoms with van der Waals surface area (Å²) in [5, 5.41) is 15.7. The lowest BCUT2D eigenvalue weighted by atomic mass is 10.1. The highest BCUT2D eigenvalue weighted by atomic mass is 35.5. The molecule has 0 aliphatic carbocycles. The second-order valence-electron chi connectivity index (χ2n) is 5.63. The average molecular weight is 395 g/mol. The molecule has 0 aliphatic heterocycles. The van der Waals surface area contributed by atoms with Crippen LogP contribution in [0.4, 0.5) is 5.69 Å². The van der Waals surface area contributed by atoms with Gasteiger partial charge in [-0.05, 0) is 43.3 Å². The maximum absolute atomic E-state index is 12.1. The molecule has 0 aliphatic rings. The molecule has 2 aromatic rings. The van der Waals surface area contributed by atoms with Gasteiger partial charge in [0.15, 0.2) is 0 Å². The first-order chi connectivity index (χ1) is 10.7.